The van der Waals surface area contributed by atoms with Crippen molar-refractivity contribution in [3.8, 4) is 5.75 Å². The number of amides is 2. The SMILES string of the molecule is O=C(Nc1ccccc1O)C(=O)N1CCCCC1CCO. The van der Waals surface area contributed by atoms with Gasteiger partial charge in [0, 0.05) is 19.2 Å². The van der Waals surface area contributed by atoms with E-state index in [4.69, 9.17) is 5.11 Å². The predicted molar refractivity (Wildman–Crippen MR) is 77.8 cm³/mol. The Morgan fingerprint density at radius 2 is 2.05 bits per heavy atom. The van der Waals surface area contributed by atoms with Crippen molar-refractivity contribution in [2.45, 2.75) is 31.7 Å². The number of phenolic OH excluding ortho intramolecular Hbond substituents is 1. The molecule has 1 aliphatic rings. The Hall–Kier alpha value is -2.08. The van der Waals surface area contributed by atoms with Crippen LogP contribution in [0.25, 0.3) is 0 Å². The van der Waals surface area contributed by atoms with Crippen LogP contribution < -0.4 is 5.32 Å². The molecule has 1 unspecified atom stereocenters. The van der Waals surface area contributed by atoms with Gasteiger partial charge in [0.15, 0.2) is 0 Å². The van der Waals surface area contributed by atoms with E-state index in [1.54, 1.807) is 12.1 Å². The Balaban J connectivity index is 2.04. The van der Waals surface area contributed by atoms with Gasteiger partial charge in [0.05, 0.1) is 5.69 Å². The highest BCUT2D eigenvalue weighted by molar-refractivity contribution is 6.39. The van der Waals surface area contributed by atoms with E-state index in [1.807, 2.05) is 0 Å². The lowest BCUT2D eigenvalue weighted by molar-refractivity contribution is -0.146. The second-order valence-corrected chi connectivity index (χ2v) is 5.13. The number of anilines is 1. The molecule has 1 fully saturated rings. The first kappa shape index (κ1) is 15.3. The number of rotatable bonds is 3. The quantitative estimate of drug-likeness (QED) is 0.575. The molecule has 6 heteroatoms. The molecule has 2 amide bonds. The molecule has 1 aromatic carbocycles. The first-order valence-corrected chi connectivity index (χ1v) is 7.14. The lowest BCUT2D eigenvalue weighted by atomic mass is 9.99. The topological polar surface area (TPSA) is 89.9 Å². The molecule has 3 N–H and O–H groups in total. The van der Waals surface area contributed by atoms with Gasteiger partial charge in [-0.3, -0.25) is 9.59 Å². The summed E-state index contributed by atoms with van der Waals surface area (Å²) < 4.78 is 0. The average Bonchev–Trinajstić information content (AvgIpc) is 2.50. The third-order valence-corrected chi connectivity index (χ3v) is 3.70. The van der Waals surface area contributed by atoms with Crippen LogP contribution in [0.3, 0.4) is 0 Å². The van der Waals surface area contributed by atoms with Crippen LogP contribution in [0.15, 0.2) is 24.3 Å². The Morgan fingerprint density at radius 1 is 1.29 bits per heavy atom. The molecule has 1 heterocycles. The maximum atomic E-state index is 12.2. The fourth-order valence-corrected chi connectivity index (χ4v) is 2.60. The van der Waals surface area contributed by atoms with Gasteiger partial charge in [-0.1, -0.05) is 12.1 Å². The number of nitrogens with zero attached hydrogens (tertiary/aromatic N) is 1. The minimum absolute atomic E-state index is 0.00443. The fourth-order valence-electron chi connectivity index (χ4n) is 2.60. The molecule has 0 saturated carbocycles. The number of nitrogens with one attached hydrogen (secondary N) is 1. The van der Waals surface area contributed by atoms with Crippen LogP contribution in [-0.2, 0) is 9.59 Å². The third kappa shape index (κ3) is 3.72. The van der Waals surface area contributed by atoms with E-state index >= 15 is 0 Å². The third-order valence-electron chi connectivity index (χ3n) is 3.70. The molecule has 0 radical (unpaired) electrons. The molecule has 0 aromatic heterocycles. The number of aliphatic hydroxyl groups excluding tert-OH is 1. The molecule has 1 saturated heterocycles. The smallest absolute Gasteiger partial charge is 0.314 e. The summed E-state index contributed by atoms with van der Waals surface area (Å²) in [5.41, 5.74) is 0.214. The molecule has 0 bridgehead atoms. The van der Waals surface area contributed by atoms with Crippen molar-refractivity contribution in [3.63, 3.8) is 0 Å². The van der Waals surface area contributed by atoms with Crippen LogP contribution in [0, 0.1) is 0 Å². The van der Waals surface area contributed by atoms with E-state index in [9.17, 15) is 14.7 Å². The van der Waals surface area contributed by atoms with Gasteiger partial charge in [-0.05, 0) is 37.8 Å². The van der Waals surface area contributed by atoms with Crippen molar-refractivity contribution in [3.05, 3.63) is 24.3 Å². The van der Waals surface area contributed by atoms with E-state index in [2.05, 4.69) is 5.32 Å². The molecule has 0 aliphatic carbocycles. The number of aromatic hydroxyl groups is 1. The number of benzene rings is 1. The van der Waals surface area contributed by atoms with E-state index in [0.29, 0.717) is 13.0 Å². The largest absolute Gasteiger partial charge is 0.506 e. The Bertz CT molecular complexity index is 516. The van der Waals surface area contributed by atoms with Crippen molar-refractivity contribution in [1.82, 2.24) is 4.90 Å². The Morgan fingerprint density at radius 3 is 2.76 bits per heavy atom. The predicted octanol–water partition coefficient (Wildman–Crippen LogP) is 1.09. The van der Waals surface area contributed by atoms with Crippen molar-refractivity contribution >= 4 is 17.5 Å². The molecule has 21 heavy (non-hydrogen) atoms. The van der Waals surface area contributed by atoms with E-state index in [0.717, 1.165) is 19.3 Å². The van der Waals surface area contributed by atoms with E-state index in [1.165, 1.54) is 17.0 Å². The van der Waals surface area contributed by atoms with Crippen molar-refractivity contribution in [2.24, 2.45) is 0 Å². The number of carbonyl (C=O) groups excluding carboxylic acids is 2. The number of para-hydroxylation sites is 2. The molecule has 2 rings (SSSR count). The summed E-state index contributed by atoms with van der Waals surface area (Å²) in [5.74, 6) is -1.46. The first-order chi connectivity index (χ1) is 10.1. The number of carbonyl (C=O) groups is 2. The second-order valence-electron chi connectivity index (χ2n) is 5.13. The van der Waals surface area contributed by atoms with Crippen molar-refractivity contribution < 1.29 is 19.8 Å². The number of hydrogen-bond donors (Lipinski definition) is 3. The summed E-state index contributed by atoms with van der Waals surface area (Å²) in [4.78, 5) is 25.8. The fraction of sp³-hybridized carbons (Fsp3) is 0.467. The highest BCUT2D eigenvalue weighted by Gasteiger charge is 2.30. The normalized spacial score (nSPS) is 18.3. The number of phenols is 1. The van der Waals surface area contributed by atoms with Gasteiger partial charge in [-0.25, -0.2) is 0 Å². The summed E-state index contributed by atoms with van der Waals surface area (Å²) in [7, 11) is 0. The standard InChI is InChI=1S/C15H20N2O4/c18-10-8-11-5-3-4-9-17(11)15(21)14(20)16-12-6-1-2-7-13(12)19/h1-2,6-7,11,18-19H,3-5,8-10H2,(H,16,20). The van der Waals surface area contributed by atoms with Gasteiger partial charge in [0.1, 0.15) is 5.75 Å². The van der Waals surface area contributed by atoms with Crippen LogP contribution in [0.4, 0.5) is 5.69 Å². The van der Waals surface area contributed by atoms with Gasteiger partial charge < -0.3 is 20.4 Å². The monoisotopic (exact) mass is 292 g/mol. The lowest BCUT2D eigenvalue weighted by Crippen LogP contribution is -2.48. The van der Waals surface area contributed by atoms with Gasteiger partial charge in [-0.15, -0.1) is 0 Å². The zero-order chi connectivity index (χ0) is 15.2. The zero-order valence-electron chi connectivity index (χ0n) is 11.8. The molecule has 1 atom stereocenters. The molecule has 1 aliphatic heterocycles. The Kier molecular flexibility index (Phi) is 5.16. The summed E-state index contributed by atoms with van der Waals surface area (Å²) in [6.07, 6.45) is 3.14. The number of piperidine rings is 1. The van der Waals surface area contributed by atoms with E-state index < -0.39 is 11.8 Å². The molecule has 1 aromatic rings. The summed E-state index contributed by atoms with van der Waals surface area (Å²) >= 11 is 0. The van der Waals surface area contributed by atoms with Gasteiger partial charge in [-0.2, -0.15) is 0 Å². The van der Waals surface area contributed by atoms with Crippen LogP contribution >= 0.6 is 0 Å². The summed E-state index contributed by atoms with van der Waals surface area (Å²) in [6, 6.07) is 6.17. The van der Waals surface area contributed by atoms with E-state index in [-0.39, 0.29) is 24.1 Å². The van der Waals surface area contributed by atoms with Crippen molar-refractivity contribution in [1.29, 1.82) is 0 Å². The van der Waals surface area contributed by atoms with Crippen LogP contribution in [0.1, 0.15) is 25.7 Å². The molecular weight excluding hydrogens is 272 g/mol. The number of likely N-dealkylation sites (tertiary alicyclic amines) is 1. The van der Waals surface area contributed by atoms with Gasteiger partial charge >= 0.3 is 11.8 Å². The maximum absolute atomic E-state index is 12.2. The van der Waals surface area contributed by atoms with Gasteiger partial charge in [0.25, 0.3) is 0 Å². The summed E-state index contributed by atoms with van der Waals surface area (Å²) in [6.45, 7) is 0.521. The van der Waals surface area contributed by atoms with Crippen LogP contribution in [-0.4, -0.2) is 46.1 Å². The second kappa shape index (κ2) is 7.08. The van der Waals surface area contributed by atoms with Crippen LogP contribution in [0.2, 0.25) is 0 Å². The molecule has 6 nitrogen and oxygen atoms in total. The summed E-state index contributed by atoms with van der Waals surface area (Å²) in [5, 5.41) is 21.1. The Labute approximate surface area is 123 Å². The highest BCUT2D eigenvalue weighted by atomic mass is 16.3. The number of hydrogen-bond acceptors (Lipinski definition) is 4. The van der Waals surface area contributed by atoms with Crippen molar-refractivity contribution in [2.75, 3.05) is 18.5 Å². The molecular formula is C15H20N2O4. The lowest BCUT2D eigenvalue weighted by Gasteiger charge is -2.35. The molecule has 114 valence electrons. The first-order valence-electron chi connectivity index (χ1n) is 7.14. The minimum atomic E-state index is -0.763. The maximum Gasteiger partial charge on any atom is 0.314 e. The van der Waals surface area contributed by atoms with Crippen LogP contribution in [0.5, 0.6) is 5.75 Å². The molecule has 0 spiro atoms. The average molecular weight is 292 g/mol. The highest BCUT2D eigenvalue weighted by Crippen LogP contribution is 2.23. The van der Waals surface area contributed by atoms with Gasteiger partial charge in [0.2, 0.25) is 0 Å². The zero-order valence-corrected chi connectivity index (χ0v) is 11.8. The minimum Gasteiger partial charge on any atom is -0.506 e. The number of aliphatic hydroxyl groups is 1.